The quantitative estimate of drug-likeness (QED) is 0.467. The van der Waals surface area contributed by atoms with Gasteiger partial charge in [0.15, 0.2) is 18.3 Å². The second-order valence-corrected chi connectivity index (χ2v) is 6.18. The number of hydrogen-bond acceptors (Lipinski definition) is 9. The van der Waals surface area contributed by atoms with Crippen molar-refractivity contribution in [3.05, 3.63) is 0 Å². The molecule has 0 saturated carbocycles. The number of nitrogens with zero attached hydrogens (tertiary/aromatic N) is 1. The number of carbonyl (C=O) groups excluding carboxylic acids is 5. The summed E-state index contributed by atoms with van der Waals surface area (Å²) in [6, 6.07) is -0.933. The first-order chi connectivity index (χ1) is 12.1. The van der Waals surface area contributed by atoms with E-state index in [1.807, 2.05) is 0 Å². The smallest absolute Gasteiger partial charge is 0.303 e. The van der Waals surface area contributed by atoms with E-state index in [0.29, 0.717) is 0 Å². The largest absolute Gasteiger partial charge is 0.458 e. The van der Waals surface area contributed by atoms with Gasteiger partial charge in [0.2, 0.25) is 5.91 Å². The van der Waals surface area contributed by atoms with Crippen molar-refractivity contribution < 1.29 is 42.9 Å². The summed E-state index contributed by atoms with van der Waals surface area (Å²) in [7, 11) is 0. The van der Waals surface area contributed by atoms with Crippen LogP contribution in [0.15, 0.2) is 0 Å². The van der Waals surface area contributed by atoms with Crippen molar-refractivity contribution in [1.29, 1.82) is 0 Å². The van der Waals surface area contributed by atoms with E-state index in [9.17, 15) is 24.0 Å². The fraction of sp³-hybridized carbons (Fsp3) is 0.688. The molecule has 0 aromatic heterocycles. The van der Waals surface area contributed by atoms with E-state index in [1.165, 1.54) is 32.6 Å². The van der Waals surface area contributed by atoms with Gasteiger partial charge in [-0.05, 0) is 0 Å². The lowest BCUT2D eigenvalue weighted by atomic mass is 9.93. The van der Waals surface area contributed by atoms with E-state index in [0.717, 1.165) is 0 Å². The van der Waals surface area contributed by atoms with E-state index in [2.05, 4.69) is 0 Å². The highest BCUT2D eigenvalue weighted by molar-refractivity contribution is 5.80. The molecule has 2 aliphatic heterocycles. The van der Waals surface area contributed by atoms with Crippen LogP contribution < -0.4 is 0 Å². The summed E-state index contributed by atoms with van der Waals surface area (Å²) in [6.07, 6.45) is -4.26. The molecule has 0 aliphatic carbocycles. The number of rotatable bonds is 4. The van der Waals surface area contributed by atoms with Crippen molar-refractivity contribution in [2.75, 3.05) is 6.54 Å². The minimum absolute atomic E-state index is 0.0222. The molecule has 0 aromatic carbocycles. The lowest BCUT2D eigenvalue weighted by Crippen LogP contribution is -2.60. The fourth-order valence-corrected chi connectivity index (χ4v) is 3.39. The van der Waals surface area contributed by atoms with E-state index in [-0.39, 0.29) is 13.0 Å². The van der Waals surface area contributed by atoms with Gasteiger partial charge in [-0.25, -0.2) is 0 Å². The number of fused-ring (bicyclic) bond motifs is 1. The summed E-state index contributed by atoms with van der Waals surface area (Å²) in [5.74, 6) is -2.96. The molecular formula is C16H21NO9. The lowest BCUT2D eigenvalue weighted by Gasteiger charge is -2.41. The predicted molar refractivity (Wildman–Crippen MR) is 82.3 cm³/mol. The molecule has 2 aliphatic rings. The van der Waals surface area contributed by atoms with Crippen LogP contribution in [-0.4, -0.2) is 71.7 Å². The third-order valence-corrected chi connectivity index (χ3v) is 4.08. The molecule has 0 unspecified atom stereocenters. The summed E-state index contributed by atoms with van der Waals surface area (Å²) in [4.78, 5) is 59.6. The molecule has 5 atom stereocenters. The third-order valence-electron chi connectivity index (χ3n) is 4.08. The van der Waals surface area contributed by atoms with Crippen LogP contribution in [-0.2, 0) is 42.9 Å². The van der Waals surface area contributed by atoms with Crippen LogP contribution in [0.5, 0.6) is 0 Å². The monoisotopic (exact) mass is 371 g/mol. The molecular weight excluding hydrogens is 350 g/mol. The molecule has 1 amide bonds. The van der Waals surface area contributed by atoms with Gasteiger partial charge < -0.3 is 23.8 Å². The van der Waals surface area contributed by atoms with Crippen molar-refractivity contribution in [3.8, 4) is 0 Å². The van der Waals surface area contributed by atoms with Crippen LogP contribution in [0.25, 0.3) is 0 Å². The fourth-order valence-electron chi connectivity index (χ4n) is 3.39. The predicted octanol–water partition coefficient (Wildman–Crippen LogP) is -0.672. The standard InChI is InChI=1S/C16H21NO9/c1-7(18)23-11-5-13(22)17-6-12(24-8(2)19)16(26-10(4)21)14(17)15(11)25-9(3)20/h11-12,14-16H,5-6H2,1-4H3/t11-,12-,14-,15+,16-/m0/s1. The van der Waals surface area contributed by atoms with E-state index >= 15 is 0 Å². The van der Waals surface area contributed by atoms with Crippen LogP contribution in [0.2, 0.25) is 0 Å². The molecule has 2 fully saturated rings. The normalized spacial score (nSPS) is 30.2. The number of hydrogen-bond donors (Lipinski definition) is 0. The van der Waals surface area contributed by atoms with Crippen LogP contribution >= 0.6 is 0 Å². The van der Waals surface area contributed by atoms with Crippen molar-refractivity contribution >= 4 is 29.8 Å². The summed E-state index contributed by atoms with van der Waals surface area (Å²) in [6.45, 7) is 4.68. The average Bonchev–Trinajstić information content (AvgIpc) is 2.80. The Bertz CT molecular complexity index is 631. The molecule has 26 heavy (non-hydrogen) atoms. The van der Waals surface area contributed by atoms with Crippen LogP contribution in [0.1, 0.15) is 34.1 Å². The van der Waals surface area contributed by atoms with Gasteiger partial charge in [-0.2, -0.15) is 0 Å². The summed E-state index contributed by atoms with van der Waals surface area (Å²) < 4.78 is 20.9. The zero-order valence-electron chi connectivity index (χ0n) is 14.9. The zero-order valence-corrected chi connectivity index (χ0v) is 14.9. The molecule has 2 heterocycles. The number of carbonyl (C=O) groups is 5. The SMILES string of the molecule is CC(=O)O[C@@H]1[C@@H]2[C@H](OC(C)=O)[C@@H](OC(C)=O)CC(=O)N2C[C@@H]1OC(C)=O. The molecule has 0 bridgehead atoms. The minimum atomic E-state index is -1.06. The second kappa shape index (κ2) is 7.71. The van der Waals surface area contributed by atoms with Gasteiger partial charge in [0.1, 0.15) is 12.1 Å². The van der Waals surface area contributed by atoms with Gasteiger partial charge >= 0.3 is 23.9 Å². The van der Waals surface area contributed by atoms with Gasteiger partial charge in [-0.15, -0.1) is 0 Å². The van der Waals surface area contributed by atoms with E-state index in [1.54, 1.807) is 0 Å². The summed E-state index contributed by atoms with van der Waals surface area (Å²) in [5, 5.41) is 0. The molecule has 0 aromatic rings. The first-order valence-corrected chi connectivity index (χ1v) is 8.08. The van der Waals surface area contributed by atoms with Gasteiger partial charge in [0.25, 0.3) is 0 Å². The summed E-state index contributed by atoms with van der Waals surface area (Å²) in [5.41, 5.74) is 0. The zero-order chi connectivity index (χ0) is 19.6. The molecule has 2 rings (SSSR count). The number of piperidine rings is 1. The molecule has 2 saturated heterocycles. The van der Waals surface area contributed by atoms with Crippen molar-refractivity contribution in [2.24, 2.45) is 0 Å². The summed E-state index contributed by atoms with van der Waals surface area (Å²) >= 11 is 0. The Hall–Kier alpha value is -2.65. The highest BCUT2D eigenvalue weighted by Crippen LogP contribution is 2.35. The van der Waals surface area contributed by atoms with Gasteiger partial charge in [0, 0.05) is 27.7 Å². The first-order valence-electron chi connectivity index (χ1n) is 8.08. The Morgan fingerprint density at radius 3 is 1.65 bits per heavy atom. The van der Waals surface area contributed by atoms with Crippen molar-refractivity contribution in [2.45, 2.75) is 64.6 Å². The Morgan fingerprint density at radius 1 is 0.769 bits per heavy atom. The van der Waals surface area contributed by atoms with Gasteiger partial charge in [-0.1, -0.05) is 0 Å². The molecule has 0 radical (unpaired) electrons. The molecule has 10 nitrogen and oxygen atoms in total. The molecule has 0 spiro atoms. The third kappa shape index (κ3) is 4.30. The number of ether oxygens (including phenoxy) is 4. The maximum Gasteiger partial charge on any atom is 0.303 e. The maximum atomic E-state index is 12.5. The highest BCUT2D eigenvalue weighted by atomic mass is 16.6. The highest BCUT2D eigenvalue weighted by Gasteiger charge is 2.58. The van der Waals surface area contributed by atoms with E-state index < -0.39 is 60.2 Å². The van der Waals surface area contributed by atoms with Gasteiger partial charge in [0.05, 0.1) is 13.0 Å². The Labute approximate surface area is 149 Å². The molecule has 0 N–H and O–H groups in total. The number of amides is 1. The Balaban J connectivity index is 2.40. The Kier molecular flexibility index (Phi) is 5.83. The second-order valence-electron chi connectivity index (χ2n) is 6.18. The molecule has 144 valence electrons. The van der Waals surface area contributed by atoms with Crippen LogP contribution in [0.4, 0.5) is 0 Å². The topological polar surface area (TPSA) is 126 Å². The van der Waals surface area contributed by atoms with Crippen LogP contribution in [0.3, 0.4) is 0 Å². The average molecular weight is 371 g/mol. The minimum Gasteiger partial charge on any atom is -0.458 e. The Morgan fingerprint density at radius 2 is 1.19 bits per heavy atom. The lowest BCUT2D eigenvalue weighted by molar-refractivity contribution is -0.189. The van der Waals surface area contributed by atoms with E-state index in [4.69, 9.17) is 18.9 Å². The van der Waals surface area contributed by atoms with Crippen molar-refractivity contribution in [3.63, 3.8) is 0 Å². The van der Waals surface area contributed by atoms with Crippen molar-refractivity contribution in [1.82, 2.24) is 4.90 Å². The van der Waals surface area contributed by atoms with Crippen LogP contribution in [0, 0.1) is 0 Å². The maximum absolute atomic E-state index is 12.5. The van der Waals surface area contributed by atoms with Gasteiger partial charge in [-0.3, -0.25) is 24.0 Å². The first kappa shape index (κ1) is 19.7. The number of esters is 4. The molecule has 10 heteroatoms.